The van der Waals surface area contributed by atoms with Crippen molar-refractivity contribution in [3.63, 3.8) is 0 Å². The molecule has 0 rings (SSSR count). The van der Waals surface area contributed by atoms with Crippen LogP contribution in [0.4, 0.5) is 0 Å². The average molecular weight is 215 g/mol. The Morgan fingerprint density at radius 2 is 2.07 bits per heavy atom. The van der Waals surface area contributed by atoms with Crippen LogP contribution >= 0.6 is 11.8 Å². The summed E-state index contributed by atoms with van der Waals surface area (Å²) in [6, 6.07) is 2.31. The van der Waals surface area contributed by atoms with Gasteiger partial charge in [-0.3, -0.25) is 0 Å². The Balaban J connectivity index is 3.35. The molecule has 1 N–H and O–H groups in total. The Morgan fingerprint density at radius 1 is 1.43 bits per heavy atom. The Hall–Kier alpha value is -0.200. The van der Waals surface area contributed by atoms with Crippen molar-refractivity contribution in [3.05, 3.63) is 0 Å². The molecule has 0 spiro atoms. The zero-order valence-electron chi connectivity index (χ0n) is 9.42. The van der Waals surface area contributed by atoms with Crippen molar-refractivity contribution >= 4 is 11.8 Å². The standard InChI is InChI=1S/C11H21NOS/c1-10(8-13)14-7-5-4-6-11(2,3)9-12/h10,13H,4-8H2,1-3H3. The van der Waals surface area contributed by atoms with E-state index in [0.717, 1.165) is 25.0 Å². The SMILES string of the molecule is CC(CO)SCCCCC(C)(C)C#N. The topological polar surface area (TPSA) is 44.0 Å². The van der Waals surface area contributed by atoms with Crippen LogP contribution in [0.3, 0.4) is 0 Å². The van der Waals surface area contributed by atoms with E-state index < -0.39 is 0 Å². The van der Waals surface area contributed by atoms with E-state index in [2.05, 4.69) is 6.07 Å². The minimum Gasteiger partial charge on any atom is -0.395 e. The predicted octanol–water partition coefficient (Wildman–Crippen LogP) is 2.82. The summed E-state index contributed by atoms with van der Waals surface area (Å²) in [4.78, 5) is 0. The Morgan fingerprint density at radius 3 is 2.57 bits per heavy atom. The molecule has 0 fully saturated rings. The molecule has 0 radical (unpaired) electrons. The van der Waals surface area contributed by atoms with Gasteiger partial charge in [0.2, 0.25) is 0 Å². The quantitative estimate of drug-likeness (QED) is 0.664. The van der Waals surface area contributed by atoms with Crippen molar-refractivity contribution in [1.29, 1.82) is 5.26 Å². The van der Waals surface area contributed by atoms with Gasteiger partial charge in [0.1, 0.15) is 0 Å². The summed E-state index contributed by atoms with van der Waals surface area (Å²) < 4.78 is 0. The summed E-state index contributed by atoms with van der Waals surface area (Å²) in [5, 5.41) is 17.9. The Labute approximate surface area is 91.7 Å². The fourth-order valence-corrected chi connectivity index (χ4v) is 1.94. The highest BCUT2D eigenvalue weighted by Gasteiger charge is 2.15. The zero-order chi connectivity index (χ0) is 11.0. The van der Waals surface area contributed by atoms with E-state index in [4.69, 9.17) is 10.4 Å². The summed E-state index contributed by atoms with van der Waals surface area (Å²) in [5.41, 5.74) is -0.173. The van der Waals surface area contributed by atoms with Crippen molar-refractivity contribution in [2.24, 2.45) is 5.41 Å². The predicted molar refractivity (Wildman–Crippen MR) is 62.3 cm³/mol. The van der Waals surface area contributed by atoms with Gasteiger partial charge in [0, 0.05) is 5.25 Å². The minimum absolute atomic E-state index is 0.173. The number of nitriles is 1. The van der Waals surface area contributed by atoms with Gasteiger partial charge >= 0.3 is 0 Å². The molecule has 0 aliphatic carbocycles. The number of aliphatic hydroxyl groups is 1. The summed E-state index contributed by atoms with van der Waals surface area (Å²) in [5.74, 6) is 1.09. The number of hydrogen-bond acceptors (Lipinski definition) is 3. The second-order valence-electron chi connectivity index (χ2n) is 4.32. The van der Waals surface area contributed by atoms with E-state index in [0.29, 0.717) is 5.25 Å². The molecular formula is C11H21NOS. The Kier molecular flexibility index (Phi) is 7.04. The van der Waals surface area contributed by atoms with Gasteiger partial charge in [0.15, 0.2) is 0 Å². The third-order valence-electron chi connectivity index (χ3n) is 2.16. The van der Waals surface area contributed by atoms with Crippen LogP contribution in [0.1, 0.15) is 40.0 Å². The zero-order valence-corrected chi connectivity index (χ0v) is 10.2. The molecule has 2 nitrogen and oxygen atoms in total. The van der Waals surface area contributed by atoms with Crippen LogP contribution in [0.5, 0.6) is 0 Å². The first-order valence-corrected chi connectivity index (χ1v) is 6.20. The Bertz CT molecular complexity index is 186. The summed E-state index contributed by atoms with van der Waals surface area (Å²) in [6.07, 6.45) is 3.21. The van der Waals surface area contributed by atoms with Crippen molar-refractivity contribution < 1.29 is 5.11 Å². The van der Waals surface area contributed by atoms with E-state index in [9.17, 15) is 0 Å². The van der Waals surface area contributed by atoms with Crippen molar-refractivity contribution in [3.8, 4) is 6.07 Å². The first-order chi connectivity index (χ1) is 6.52. The lowest BCUT2D eigenvalue weighted by Crippen LogP contribution is -2.08. The van der Waals surface area contributed by atoms with Gasteiger partial charge in [-0.05, 0) is 32.4 Å². The van der Waals surface area contributed by atoms with Crippen molar-refractivity contribution in [2.75, 3.05) is 12.4 Å². The van der Waals surface area contributed by atoms with Crippen LogP contribution < -0.4 is 0 Å². The molecule has 0 saturated heterocycles. The molecule has 0 heterocycles. The van der Waals surface area contributed by atoms with Gasteiger partial charge in [-0.25, -0.2) is 0 Å². The van der Waals surface area contributed by atoms with E-state index in [1.807, 2.05) is 20.8 Å². The molecule has 14 heavy (non-hydrogen) atoms. The average Bonchev–Trinajstić information content (AvgIpc) is 2.17. The van der Waals surface area contributed by atoms with Crippen LogP contribution in [0.2, 0.25) is 0 Å². The fraction of sp³-hybridized carbons (Fsp3) is 0.909. The van der Waals surface area contributed by atoms with Crippen LogP contribution in [0.15, 0.2) is 0 Å². The van der Waals surface area contributed by atoms with Crippen LogP contribution in [-0.2, 0) is 0 Å². The van der Waals surface area contributed by atoms with Gasteiger partial charge in [-0.15, -0.1) is 0 Å². The largest absolute Gasteiger partial charge is 0.395 e. The van der Waals surface area contributed by atoms with Gasteiger partial charge in [-0.2, -0.15) is 17.0 Å². The van der Waals surface area contributed by atoms with E-state index in [-0.39, 0.29) is 12.0 Å². The van der Waals surface area contributed by atoms with Crippen LogP contribution in [0.25, 0.3) is 0 Å². The number of nitrogens with zero attached hydrogens (tertiary/aromatic N) is 1. The number of aliphatic hydroxyl groups excluding tert-OH is 1. The number of hydrogen-bond donors (Lipinski definition) is 1. The molecule has 0 saturated carbocycles. The lowest BCUT2D eigenvalue weighted by atomic mass is 9.89. The lowest BCUT2D eigenvalue weighted by Gasteiger charge is -2.14. The highest BCUT2D eigenvalue weighted by molar-refractivity contribution is 7.99. The van der Waals surface area contributed by atoms with Gasteiger partial charge in [0.05, 0.1) is 18.1 Å². The maximum Gasteiger partial charge on any atom is 0.0683 e. The molecule has 0 aromatic heterocycles. The monoisotopic (exact) mass is 215 g/mol. The fourth-order valence-electron chi connectivity index (χ4n) is 1.06. The molecule has 0 bridgehead atoms. The van der Waals surface area contributed by atoms with E-state index >= 15 is 0 Å². The normalized spacial score (nSPS) is 13.6. The smallest absolute Gasteiger partial charge is 0.0683 e. The number of unbranched alkanes of at least 4 members (excludes halogenated alkanes) is 1. The molecule has 1 atom stereocenters. The van der Waals surface area contributed by atoms with Crippen LogP contribution in [-0.4, -0.2) is 22.7 Å². The third-order valence-corrected chi connectivity index (χ3v) is 3.40. The first-order valence-electron chi connectivity index (χ1n) is 5.15. The first kappa shape index (κ1) is 13.8. The lowest BCUT2D eigenvalue weighted by molar-refractivity contribution is 0.300. The molecule has 0 aliphatic heterocycles. The highest BCUT2D eigenvalue weighted by atomic mass is 32.2. The van der Waals surface area contributed by atoms with E-state index in [1.165, 1.54) is 0 Å². The van der Waals surface area contributed by atoms with Gasteiger partial charge < -0.3 is 5.11 Å². The molecule has 0 amide bonds. The molecule has 82 valence electrons. The molecule has 1 unspecified atom stereocenters. The van der Waals surface area contributed by atoms with Crippen LogP contribution in [0, 0.1) is 16.7 Å². The number of thioether (sulfide) groups is 1. The second-order valence-corrected chi connectivity index (χ2v) is 5.86. The molecule has 3 heteroatoms. The highest BCUT2D eigenvalue weighted by Crippen LogP contribution is 2.22. The summed E-state index contributed by atoms with van der Waals surface area (Å²) >= 11 is 1.80. The van der Waals surface area contributed by atoms with E-state index in [1.54, 1.807) is 11.8 Å². The summed E-state index contributed by atoms with van der Waals surface area (Å²) in [7, 11) is 0. The molecule has 0 aliphatic rings. The number of rotatable bonds is 7. The minimum atomic E-state index is -0.173. The maximum absolute atomic E-state index is 8.79. The van der Waals surface area contributed by atoms with Crippen molar-refractivity contribution in [2.45, 2.75) is 45.3 Å². The second kappa shape index (κ2) is 7.14. The molecule has 0 aromatic carbocycles. The summed E-state index contributed by atoms with van der Waals surface area (Å²) in [6.45, 7) is 6.26. The maximum atomic E-state index is 8.79. The third kappa shape index (κ3) is 7.23. The molecule has 0 aromatic rings. The van der Waals surface area contributed by atoms with Crippen molar-refractivity contribution in [1.82, 2.24) is 0 Å². The van der Waals surface area contributed by atoms with Gasteiger partial charge in [0.25, 0.3) is 0 Å². The molecular weight excluding hydrogens is 194 g/mol. The van der Waals surface area contributed by atoms with Gasteiger partial charge in [-0.1, -0.05) is 13.3 Å².